The number of fused-ring (bicyclic) bond motifs is 3. The summed E-state index contributed by atoms with van der Waals surface area (Å²) in [6.07, 6.45) is 34.7. The van der Waals surface area contributed by atoms with Crippen LogP contribution in [-0.2, 0) is 5.41 Å². The largest absolute Gasteiger partial charge is 0.314 e. The molecule has 3 aromatic carbocycles. The predicted octanol–water partition coefficient (Wildman–Crippen LogP) is 14.8. The molecule has 3 aromatic rings. The Morgan fingerprint density at radius 3 is 2.33 bits per heavy atom. The van der Waals surface area contributed by atoms with Crippen LogP contribution in [0.1, 0.15) is 104 Å². The Bertz CT molecular complexity index is 1980. The fourth-order valence-corrected chi connectivity index (χ4v) is 7.58. The minimum absolute atomic E-state index is 0.107. The van der Waals surface area contributed by atoms with E-state index < -0.39 is 0 Å². The van der Waals surface area contributed by atoms with Crippen molar-refractivity contribution >= 4 is 11.3 Å². The van der Waals surface area contributed by atoms with Crippen molar-refractivity contribution in [1.29, 1.82) is 0 Å². The first-order valence-corrected chi connectivity index (χ1v) is 19.3. The van der Waals surface area contributed by atoms with Gasteiger partial charge in [-0.2, -0.15) is 0 Å². The maximum Gasteiger partial charge on any atom is 0.0462 e. The first-order chi connectivity index (χ1) is 25.1. The molecular formula is C51H59N. The van der Waals surface area contributed by atoms with Crippen LogP contribution in [0.15, 0.2) is 174 Å². The first-order valence-electron chi connectivity index (χ1n) is 19.3. The van der Waals surface area contributed by atoms with Crippen molar-refractivity contribution in [2.24, 2.45) is 5.41 Å². The Kier molecular flexibility index (Phi) is 13.0. The molecule has 1 nitrogen and oxygen atoms in total. The van der Waals surface area contributed by atoms with Gasteiger partial charge in [-0.1, -0.05) is 162 Å². The van der Waals surface area contributed by atoms with E-state index in [2.05, 4.69) is 212 Å². The zero-order chi connectivity index (χ0) is 37.1. The maximum atomic E-state index is 2.54. The minimum Gasteiger partial charge on any atom is -0.314 e. The van der Waals surface area contributed by atoms with Crippen molar-refractivity contribution in [2.75, 3.05) is 4.90 Å². The first kappa shape index (κ1) is 38.4. The molecule has 2 aliphatic carbocycles. The summed E-state index contributed by atoms with van der Waals surface area (Å²) in [6, 6.07) is 27.0. The van der Waals surface area contributed by atoms with Crippen LogP contribution in [0.4, 0.5) is 5.69 Å². The fraction of sp³-hybridized carbons (Fsp3) is 0.294. The van der Waals surface area contributed by atoms with E-state index in [9.17, 15) is 0 Å². The van der Waals surface area contributed by atoms with Gasteiger partial charge in [-0.3, -0.25) is 0 Å². The highest BCUT2D eigenvalue weighted by Crippen LogP contribution is 2.50. The van der Waals surface area contributed by atoms with Crippen LogP contribution >= 0.6 is 0 Å². The molecule has 52 heavy (non-hydrogen) atoms. The number of nitrogens with zero attached hydrogens (tertiary/aromatic N) is 1. The summed E-state index contributed by atoms with van der Waals surface area (Å²) in [6.45, 7) is 18.3. The lowest BCUT2D eigenvalue weighted by atomic mass is 9.75. The summed E-state index contributed by atoms with van der Waals surface area (Å²) < 4.78 is 0. The van der Waals surface area contributed by atoms with Gasteiger partial charge in [0.05, 0.1) is 0 Å². The predicted molar refractivity (Wildman–Crippen MR) is 229 cm³/mol. The maximum absolute atomic E-state index is 2.54. The SMILES string of the molecule is C/C=C\C/C(=C(\C)c1ccccc1)N(C(/C=C\C)=C/C(=C/CC/C=C\CC)C(C)(C)C1=CC=CCC=C1)c1ccc2c(c1)C(C)(C)c1ccccc1-2. The van der Waals surface area contributed by atoms with Gasteiger partial charge in [-0.05, 0) is 115 Å². The number of hydrogen-bond donors (Lipinski definition) is 0. The third-order valence-electron chi connectivity index (χ3n) is 10.7. The van der Waals surface area contributed by atoms with Crippen molar-refractivity contribution in [3.05, 3.63) is 191 Å². The molecule has 0 atom stereocenters. The van der Waals surface area contributed by atoms with E-state index in [0.717, 1.165) is 37.8 Å². The second kappa shape index (κ2) is 17.6. The second-order valence-electron chi connectivity index (χ2n) is 14.9. The van der Waals surface area contributed by atoms with E-state index in [0.29, 0.717) is 0 Å². The van der Waals surface area contributed by atoms with Crippen LogP contribution in [0.25, 0.3) is 16.7 Å². The molecule has 0 N–H and O–H groups in total. The van der Waals surface area contributed by atoms with Crippen LogP contribution in [0.2, 0.25) is 0 Å². The number of unbranched alkanes of at least 4 members (excludes halogenated alkanes) is 1. The Labute approximate surface area is 315 Å². The molecule has 0 bridgehead atoms. The molecule has 0 saturated heterocycles. The molecule has 0 heterocycles. The Morgan fingerprint density at radius 1 is 0.827 bits per heavy atom. The summed E-state index contributed by atoms with van der Waals surface area (Å²) in [5.41, 5.74) is 13.9. The molecule has 0 aromatic heterocycles. The van der Waals surface area contributed by atoms with Gasteiger partial charge in [0, 0.05) is 34.3 Å². The zero-order valence-electron chi connectivity index (χ0n) is 32.9. The Hall–Kier alpha value is -4.88. The third-order valence-corrected chi connectivity index (χ3v) is 10.7. The number of hydrogen-bond acceptors (Lipinski definition) is 1. The smallest absolute Gasteiger partial charge is 0.0462 e. The molecule has 0 radical (unpaired) electrons. The van der Waals surface area contributed by atoms with Gasteiger partial charge in [0.2, 0.25) is 0 Å². The zero-order valence-corrected chi connectivity index (χ0v) is 32.9. The lowest BCUT2D eigenvalue weighted by Crippen LogP contribution is -2.25. The number of rotatable bonds is 14. The highest BCUT2D eigenvalue weighted by Gasteiger charge is 2.36. The molecule has 1 heteroatoms. The van der Waals surface area contributed by atoms with Gasteiger partial charge in [0.25, 0.3) is 0 Å². The number of anilines is 1. The van der Waals surface area contributed by atoms with Crippen LogP contribution in [0.5, 0.6) is 0 Å². The highest BCUT2D eigenvalue weighted by atomic mass is 15.2. The van der Waals surface area contributed by atoms with E-state index >= 15 is 0 Å². The molecule has 0 spiro atoms. The monoisotopic (exact) mass is 685 g/mol. The van der Waals surface area contributed by atoms with Crippen LogP contribution in [0.3, 0.4) is 0 Å². The summed E-state index contributed by atoms with van der Waals surface area (Å²) in [7, 11) is 0. The average molecular weight is 686 g/mol. The van der Waals surface area contributed by atoms with Gasteiger partial charge in [0.15, 0.2) is 0 Å². The van der Waals surface area contributed by atoms with E-state index in [1.54, 1.807) is 0 Å². The van der Waals surface area contributed by atoms with E-state index in [1.807, 2.05) is 0 Å². The summed E-state index contributed by atoms with van der Waals surface area (Å²) in [5, 5.41) is 0. The molecular weight excluding hydrogens is 627 g/mol. The molecule has 0 amide bonds. The van der Waals surface area contributed by atoms with Crippen molar-refractivity contribution in [1.82, 2.24) is 0 Å². The van der Waals surface area contributed by atoms with Crippen LogP contribution in [0, 0.1) is 5.41 Å². The van der Waals surface area contributed by atoms with Gasteiger partial charge in [0.1, 0.15) is 0 Å². The summed E-state index contributed by atoms with van der Waals surface area (Å²) >= 11 is 0. The molecule has 0 saturated carbocycles. The standard InChI is InChI=1S/C51H59N/c1-9-12-14-15-23-31-42(50(5,6)41-29-21-16-17-22-30-41)37-43(26-11-3)52(49(34-13-10-2)39(4)40-27-19-18-20-28-40)44-35-36-46-45-32-24-25-33-47(45)51(7,8)48(46)38-44/h10-14,16,18-22,24-33,35-38H,9,15,17,23,34H2,1-8H3/b13-10-,14-12-,26-11-,42-31-,43-37+,49-39-. The van der Waals surface area contributed by atoms with Gasteiger partial charge in [-0.25, -0.2) is 0 Å². The quantitative estimate of drug-likeness (QED) is 0.0927. The second-order valence-corrected chi connectivity index (χ2v) is 14.9. The fourth-order valence-electron chi connectivity index (χ4n) is 7.58. The topological polar surface area (TPSA) is 3.24 Å². The normalized spacial score (nSPS) is 16.3. The van der Waals surface area contributed by atoms with Crippen LogP contribution < -0.4 is 4.90 Å². The Balaban J connectivity index is 1.79. The van der Waals surface area contributed by atoms with Gasteiger partial charge in [-0.15, -0.1) is 0 Å². The van der Waals surface area contributed by atoms with Gasteiger partial charge < -0.3 is 4.90 Å². The molecule has 5 rings (SSSR count). The molecule has 2 aliphatic rings. The van der Waals surface area contributed by atoms with Crippen LogP contribution in [-0.4, -0.2) is 0 Å². The Morgan fingerprint density at radius 2 is 1.58 bits per heavy atom. The summed E-state index contributed by atoms with van der Waals surface area (Å²) in [5.74, 6) is 0. The van der Waals surface area contributed by atoms with E-state index in [4.69, 9.17) is 0 Å². The lowest BCUT2D eigenvalue weighted by molar-refractivity contribution is 0.562. The number of allylic oxidation sites excluding steroid dienone is 16. The lowest BCUT2D eigenvalue weighted by Gasteiger charge is -2.34. The summed E-state index contributed by atoms with van der Waals surface area (Å²) in [4.78, 5) is 2.54. The highest BCUT2D eigenvalue weighted by molar-refractivity contribution is 5.84. The molecule has 0 fully saturated rings. The minimum atomic E-state index is -0.221. The van der Waals surface area contributed by atoms with Crippen molar-refractivity contribution in [3.8, 4) is 11.1 Å². The third kappa shape index (κ3) is 8.42. The number of benzene rings is 3. The van der Waals surface area contributed by atoms with E-state index in [1.165, 1.54) is 55.9 Å². The van der Waals surface area contributed by atoms with Crippen molar-refractivity contribution in [3.63, 3.8) is 0 Å². The van der Waals surface area contributed by atoms with Gasteiger partial charge >= 0.3 is 0 Å². The van der Waals surface area contributed by atoms with Crippen molar-refractivity contribution < 1.29 is 0 Å². The van der Waals surface area contributed by atoms with E-state index in [-0.39, 0.29) is 10.8 Å². The molecule has 0 aliphatic heterocycles. The molecule has 0 unspecified atom stereocenters. The molecule has 268 valence electrons. The average Bonchev–Trinajstić information content (AvgIpc) is 3.32. The van der Waals surface area contributed by atoms with Crippen molar-refractivity contribution in [2.45, 2.75) is 92.9 Å².